The van der Waals surface area contributed by atoms with Crippen LogP contribution in [0.25, 0.3) is 21.5 Å². The zero-order chi connectivity index (χ0) is 21.5. The van der Waals surface area contributed by atoms with Gasteiger partial charge in [0.2, 0.25) is 0 Å². The van der Waals surface area contributed by atoms with Gasteiger partial charge in [0.1, 0.15) is 0 Å². The Morgan fingerprint density at radius 1 is 0.625 bits per heavy atom. The summed E-state index contributed by atoms with van der Waals surface area (Å²) in [5, 5.41) is 5.56. The van der Waals surface area contributed by atoms with Crippen molar-refractivity contribution in [2.24, 2.45) is 0 Å². The van der Waals surface area contributed by atoms with E-state index < -0.39 is 20.8 Å². The fourth-order valence-electron chi connectivity index (χ4n) is 4.74. The van der Waals surface area contributed by atoms with Gasteiger partial charge in [-0.2, -0.15) is 0 Å². The van der Waals surface area contributed by atoms with Crippen molar-refractivity contribution < 1.29 is 20.8 Å². The quantitative estimate of drug-likeness (QED) is 0.211. The van der Waals surface area contributed by atoms with Crippen molar-refractivity contribution in [3.8, 4) is 0 Å². The van der Waals surface area contributed by atoms with Crippen LogP contribution >= 0.6 is 17.0 Å². The molecule has 6 heteroatoms. The number of rotatable bonds is 2. The first kappa shape index (κ1) is 26.2. The Kier molecular flexibility index (Phi) is 11.0. The molecule has 0 bridgehead atoms. The van der Waals surface area contributed by atoms with Crippen LogP contribution in [0.3, 0.4) is 0 Å². The Bertz CT molecular complexity index is 996. The zero-order valence-electron chi connectivity index (χ0n) is 18.3. The van der Waals surface area contributed by atoms with Crippen molar-refractivity contribution in [2.75, 3.05) is 36.0 Å². The summed E-state index contributed by atoms with van der Waals surface area (Å²) in [5.74, 6) is 0. The van der Waals surface area contributed by atoms with Gasteiger partial charge in [0.05, 0.1) is 0 Å². The van der Waals surface area contributed by atoms with E-state index in [-0.39, 0.29) is 25.8 Å². The normalized spacial score (nSPS) is 14.9. The number of halogens is 2. The van der Waals surface area contributed by atoms with Crippen LogP contribution in [0, 0.1) is 0 Å². The average Bonchev–Trinajstić information content (AvgIpc) is 3.61. The summed E-state index contributed by atoms with van der Waals surface area (Å²) in [6.45, 7) is 4.92. The van der Waals surface area contributed by atoms with Gasteiger partial charge >= 0.3 is 37.9 Å². The van der Waals surface area contributed by atoms with E-state index >= 15 is 0 Å². The molecule has 0 atom stereocenters. The van der Waals surface area contributed by atoms with Crippen LogP contribution in [0.1, 0.15) is 25.7 Å². The van der Waals surface area contributed by atoms with Crippen molar-refractivity contribution >= 4 is 75.8 Å². The molecule has 6 rings (SSSR count). The molecule has 2 heterocycles. The number of anilines is 2. The van der Waals surface area contributed by atoms with Gasteiger partial charge in [-0.05, 0) is 25.7 Å². The summed E-state index contributed by atoms with van der Waals surface area (Å²) in [7, 11) is 9.87. The third-order valence-electron chi connectivity index (χ3n) is 6.21. The van der Waals surface area contributed by atoms with Gasteiger partial charge in [0.25, 0.3) is 0 Å². The summed E-state index contributed by atoms with van der Waals surface area (Å²) in [4.78, 5) is 5.00. The Morgan fingerprint density at radius 3 is 1.34 bits per heavy atom. The molecule has 2 fully saturated rings. The third-order valence-corrected chi connectivity index (χ3v) is 6.21. The fraction of sp³-hybridized carbons (Fsp3) is 0.308. The summed E-state index contributed by atoms with van der Waals surface area (Å²) >= 11 is -0.826. The molecule has 0 N–H and O–H groups in total. The van der Waals surface area contributed by atoms with Gasteiger partial charge in [-0.3, -0.25) is 0 Å². The summed E-state index contributed by atoms with van der Waals surface area (Å²) in [5.41, 5.74) is 2.86. The molecular formula is C26H28Cl2InN2Zr. The SMILES string of the molecule is [Cl][Zr+2][Cl].[In].c1ccc2c(N3CCCC3)c[cH-]c2c1.c1ccc2c(N3CCCC3)c[cH-]c2c1. The molecule has 0 spiro atoms. The van der Waals surface area contributed by atoms with Crippen molar-refractivity contribution in [1.29, 1.82) is 0 Å². The molecule has 2 saturated heterocycles. The second-order valence-corrected chi connectivity index (χ2v) is 11.8. The zero-order valence-corrected chi connectivity index (χ0v) is 25.6. The maximum atomic E-state index is 4.93. The number of benzene rings is 2. The van der Waals surface area contributed by atoms with Crippen molar-refractivity contribution in [2.45, 2.75) is 25.7 Å². The smallest absolute Gasteiger partial charge is 0.00815 e. The molecular weight excluding hydrogens is 617 g/mol. The molecule has 0 saturated carbocycles. The molecule has 163 valence electrons. The van der Waals surface area contributed by atoms with Crippen LogP contribution in [-0.4, -0.2) is 52.0 Å². The summed E-state index contributed by atoms with van der Waals surface area (Å²) < 4.78 is 0. The molecule has 0 unspecified atom stereocenters. The molecule has 3 radical (unpaired) electrons. The summed E-state index contributed by atoms with van der Waals surface area (Å²) in [6.07, 6.45) is 5.39. The molecule has 2 nitrogen and oxygen atoms in total. The van der Waals surface area contributed by atoms with Gasteiger partial charge in [-0.25, -0.2) is 0 Å². The van der Waals surface area contributed by atoms with Crippen LogP contribution in [0.2, 0.25) is 0 Å². The standard InChI is InChI=1S/2C13H14N.2ClH.In.Zr/c2*1-2-6-12-11(5-1)7-8-13(12)14-9-3-4-10-14;;;;/h2*1-2,5-8H,3-4,9-10H2;2*1H;;/q2*-1;;;;+4/p-2. The van der Waals surface area contributed by atoms with Crippen LogP contribution in [0.4, 0.5) is 11.4 Å². The van der Waals surface area contributed by atoms with Crippen molar-refractivity contribution in [1.82, 2.24) is 0 Å². The predicted molar refractivity (Wildman–Crippen MR) is 139 cm³/mol. The van der Waals surface area contributed by atoms with E-state index in [1.165, 1.54) is 84.8 Å². The monoisotopic (exact) mass is 643 g/mol. The largest absolute Gasteiger partial charge is 0.417 e. The molecule has 2 aliphatic rings. The first-order valence-corrected chi connectivity index (χ1v) is 17.4. The Labute approximate surface area is 229 Å². The molecule has 0 aliphatic carbocycles. The number of hydrogen-bond acceptors (Lipinski definition) is 2. The Balaban J connectivity index is 0.000000157. The maximum Gasteiger partial charge on any atom is 0.00815 e. The van der Waals surface area contributed by atoms with Crippen molar-refractivity contribution in [3.05, 3.63) is 72.8 Å². The van der Waals surface area contributed by atoms with E-state index in [0.717, 1.165) is 0 Å². The summed E-state index contributed by atoms with van der Waals surface area (Å²) in [6, 6.07) is 26.3. The van der Waals surface area contributed by atoms with Gasteiger partial charge in [0, 0.05) is 52.0 Å². The minimum absolute atomic E-state index is 0. The van der Waals surface area contributed by atoms with E-state index in [4.69, 9.17) is 17.0 Å². The molecule has 0 aromatic heterocycles. The first-order chi connectivity index (χ1) is 15.3. The second-order valence-electron chi connectivity index (χ2n) is 8.07. The van der Waals surface area contributed by atoms with Gasteiger partial charge in [0.15, 0.2) is 0 Å². The number of nitrogens with zero attached hydrogens (tertiary/aromatic N) is 2. The van der Waals surface area contributed by atoms with Crippen LogP contribution in [-0.2, 0) is 20.8 Å². The van der Waals surface area contributed by atoms with Gasteiger partial charge in [-0.15, -0.1) is 82.2 Å². The first-order valence-electron chi connectivity index (χ1n) is 11.1. The van der Waals surface area contributed by atoms with E-state index in [0.29, 0.717) is 0 Å². The van der Waals surface area contributed by atoms with Crippen LogP contribution < -0.4 is 9.80 Å². The number of hydrogen-bond donors (Lipinski definition) is 0. The topological polar surface area (TPSA) is 6.48 Å². The fourth-order valence-corrected chi connectivity index (χ4v) is 4.74. The minimum Gasteiger partial charge on any atom is -0.417 e. The van der Waals surface area contributed by atoms with Crippen LogP contribution in [0.5, 0.6) is 0 Å². The van der Waals surface area contributed by atoms with E-state index in [2.05, 4.69) is 82.6 Å². The third kappa shape index (κ3) is 6.38. The predicted octanol–water partition coefficient (Wildman–Crippen LogP) is 7.31. The molecule has 2 aliphatic heterocycles. The maximum absolute atomic E-state index is 4.93. The van der Waals surface area contributed by atoms with Crippen molar-refractivity contribution in [3.63, 3.8) is 0 Å². The molecule has 4 aromatic rings. The van der Waals surface area contributed by atoms with Gasteiger partial charge in [-0.1, -0.05) is 23.5 Å². The average molecular weight is 645 g/mol. The van der Waals surface area contributed by atoms with Gasteiger partial charge < -0.3 is 9.80 Å². The number of fused-ring (bicyclic) bond motifs is 2. The molecule has 4 aromatic carbocycles. The van der Waals surface area contributed by atoms with E-state index in [1.54, 1.807) is 0 Å². The van der Waals surface area contributed by atoms with Crippen LogP contribution in [0.15, 0.2) is 72.8 Å². The molecule has 32 heavy (non-hydrogen) atoms. The minimum atomic E-state index is -0.826. The Hall–Kier alpha value is -0.407. The van der Waals surface area contributed by atoms with E-state index in [9.17, 15) is 0 Å². The second kappa shape index (κ2) is 13.5. The Morgan fingerprint density at radius 2 is 0.969 bits per heavy atom. The van der Waals surface area contributed by atoms with E-state index in [1.807, 2.05) is 0 Å². The molecule has 0 amide bonds.